The van der Waals surface area contributed by atoms with Crippen LogP contribution in [0.25, 0.3) is 17.3 Å². The largest absolute Gasteiger partial charge is 0.508 e. The smallest absolute Gasteiger partial charge is 0.128 e. The zero-order valence-corrected chi connectivity index (χ0v) is 19.8. The van der Waals surface area contributed by atoms with Crippen LogP contribution in [0.15, 0.2) is 35.1 Å². The summed E-state index contributed by atoms with van der Waals surface area (Å²) in [6.45, 7) is 7.17. The summed E-state index contributed by atoms with van der Waals surface area (Å²) in [5.74, 6) is 2.80. The number of benzene rings is 1. The third-order valence-corrected chi connectivity index (χ3v) is 6.16. The van der Waals surface area contributed by atoms with Crippen LogP contribution in [-0.2, 0) is 13.0 Å². The molecule has 0 saturated heterocycles. The Balaban J connectivity index is 2.16. The number of rotatable bonds is 7. The number of aromatic hydroxyl groups is 2. The van der Waals surface area contributed by atoms with Crippen LogP contribution >= 0.6 is 12.6 Å². The molecule has 1 aromatic carbocycles. The van der Waals surface area contributed by atoms with E-state index in [0.717, 1.165) is 40.4 Å². The standard InChI is InChI=1S/C26H31N3O2S/c1-5-8-9-22-19(10-12-29(22)11-6-2)17(4)13-21-25(32)16-27-28-26(21)20-14-18(7-3)23(30)15-24(20)31/h1,9-10,12,14-16,25,28,30-32H,6-8,11,13H2,2-4H3/b19-17+,22-9+. The number of phenolic OH excluding ortho intramolecular Hbond substituents is 2. The van der Waals surface area contributed by atoms with Crippen molar-refractivity contribution >= 4 is 36.2 Å². The van der Waals surface area contributed by atoms with Crippen molar-refractivity contribution in [3.63, 3.8) is 0 Å². The Labute approximate surface area is 195 Å². The highest BCUT2D eigenvalue weighted by atomic mass is 32.1. The number of thiol groups is 1. The summed E-state index contributed by atoms with van der Waals surface area (Å²) in [6, 6.07) is 5.34. The number of nitrogens with one attached hydrogen (secondary N) is 1. The molecule has 32 heavy (non-hydrogen) atoms. The number of aromatic nitrogens is 1. The average molecular weight is 450 g/mol. The van der Waals surface area contributed by atoms with Crippen LogP contribution in [0.3, 0.4) is 0 Å². The van der Waals surface area contributed by atoms with E-state index in [2.05, 4.69) is 53.2 Å². The molecule has 0 fully saturated rings. The molecule has 1 aromatic heterocycles. The van der Waals surface area contributed by atoms with Crippen LogP contribution in [0.4, 0.5) is 0 Å². The zero-order valence-electron chi connectivity index (χ0n) is 18.9. The van der Waals surface area contributed by atoms with E-state index >= 15 is 0 Å². The molecule has 2 aromatic rings. The molecule has 1 aliphatic heterocycles. The minimum absolute atomic E-state index is 0.00660. The quantitative estimate of drug-likeness (QED) is 0.386. The van der Waals surface area contributed by atoms with Crippen LogP contribution in [0.1, 0.15) is 51.2 Å². The minimum Gasteiger partial charge on any atom is -0.508 e. The van der Waals surface area contributed by atoms with Gasteiger partial charge in [-0.1, -0.05) is 19.4 Å². The topological polar surface area (TPSA) is 69.8 Å². The Morgan fingerprint density at radius 3 is 2.78 bits per heavy atom. The van der Waals surface area contributed by atoms with E-state index in [1.807, 2.05) is 13.0 Å². The van der Waals surface area contributed by atoms with E-state index in [1.165, 1.54) is 11.6 Å². The lowest BCUT2D eigenvalue weighted by atomic mass is 9.94. The van der Waals surface area contributed by atoms with Crippen molar-refractivity contribution < 1.29 is 10.2 Å². The predicted octanol–water partition coefficient (Wildman–Crippen LogP) is 3.53. The molecule has 2 heterocycles. The average Bonchev–Trinajstić information content (AvgIpc) is 3.17. The molecule has 0 bridgehead atoms. The van der Waals surface area contributed by atoms with Gasteiger partial charge in [-0.25, -0.2) is 0 Å². The number of terminal acetylenes is 1. The fraction of sp³-hybridized carbons (Fsp3) is 0.346. The van der Waals surface area contributed by atoms with Crippen molar-refractivity contribution in [1.29, 1.82) is 0 Å². The van der Waals surface area contributed by atoms with Crippen LogP contribution in [0, 0.1) is 12.3 Å². The number of hydrazone groups is 1. The second-order valence-corrected chi connectivity index (χ2v) is 8.52. The number of hydrogen-bond acceptors (Lipinski definition) is 5. The summed E-state index contributed by atoms with van der Waals surface area (Å²) in [5.41, 5.74) is 7.35. The van der Waals surface area contributed by atoms with Crippen molar-refractivity contribution in [1.82, 2.24) is 9.99 Å². The lowest BCUT2D eigenvalue weighted by Crippen LogP contribution is -2.31. The molecule has 0 radical (unpaired) electrons. The summed E-state index contributed by atoms with van der Waals surface area (Å²) >= 11 is 4.75. The molecular formula is C26H31N3O2S. The third kappa shape index (κ3) is 4.89. The molecule has 168 valence electrons. The van der Waals surface area contributed by atoms with E-state index < -0.39 is 0 Å². The fourth-order valence-corrected chi connectivity index (χ4v) is 4.35. The van der Waals surface area contributed by atoms with Gasteiger partial charge in [-0.2, -0.15) is 17.7 Å². The minimum atomic E-state index is -0.199. The Hall–Kier alpha value is -3.04. The molecule has 0 aliphatic carbocycles. The second kappa shape index (κ2) is 10.5. The Morgan fingerprint density at radius 2 is 2.09 bits per heavy atom. The summed E-state index contributed by atoms with van der Waals surface area (Å²) in [6.07, 6.45) is 14.4. The van der Waals surface area contributed by atoms with Gasteiger partial charge in [-0.05, 0) is 60.8 Å². The normalized spacial score (nSPS) is 17.3. The SMILES string of the molecule is C#CC/C=c1\c(=C(/C)CC2=C(c3cc(CC)c(O)cc3O)NN=CC2S)ccn1CCC. The van der Waals surface area contributed by atoms with Crippen molar-refractivity contribution in [3.8, 4) is 23.8 Å². The summed E-state index contributed by atoms with van der Waals surface area (Å²) in [4.78, 5) is 0. The summed E-state index contributed by atoms with van der Waals surface area (Å²) < 4.78 is 2.24. The van der Waals surface area contributed by atoms with Crippen molar-refractivity contribution in [2.75, 3.05) is 0 Å². The third-order valence-electron chi connectivity index (χ3n) is 5.72. The zero-order chi connectivity index (χ0) is 23.3. The van der Waals surface area contributed by atoms with E-state index in [9.17, 15) is 10.2 Å². The lowest BCUT2D eigenvalue weighted by molar-refractivity contribution is 0.445. The first-order valence-electron chi connectivity index (χ1n) is 10.9. The van der Waals surface area contributed by atoms with Crippen molar-refractivity contribution in [3.05, 3.63) is 51.7 Å². The number of aryl methyl sites for hydroxylation is 2. The van der Waals surface area contributed by atoms with Gasteiger partial charge in [0.25, 0.3) is 0 Å². The first-order valence-corrected chi connectivity index (χ1v) is 11.5. The number of nitrogens with zero attached hydrogens (tertiary/aromatic N) is 2. The Bertz CT molecular complexity index is 1210. The van der Waals surface area contributed by atoms with Gasteiger partial charge >= 0.3 is 0 Å². The molecule has 5 nitrogen and oxygen atoms in total. The number of phenols is 2. The molecule has 0 saturated carbocycles. The van der Waals surface area contributed by atoms with E-state index in [-0.39, 0.29) is 16.7 Å². The van der Waals surface area contributed by atoms with Crippen molar-refractivity contribution in [2.24, 2.45) is 5.10 Å². The molecule has 1 aliphatic rings. The molecule has 6 heteroatoms. The maximum absolute atomic E-state index is 10.6. The molecule has 3 rings (SSSR count). The Morgan fingerprint density at radius 1 is 1.31 bits per heavy atom. The van der Waals surface area contributed by atoms with Gasteiger partial charge in [0.2, 0.25) is 0 Å². The highest BCUT2D eigenvalue weighted by Gasteiger charge is 2.22. The van der Waals surface area contributed by atoms with Gasteiger partial charge in [0.05, 0.1) is 10.9 Å². The van der Waals surface area contributed by atoms with Crippen LogP contribution < -0.4 is 16.0 Å². The van der Waals surface area contributed by atoms with E-state index in [0.29, 0.717) is 24.8 Å². The van der Waals surface area contributed by atoms with Gasteiger partial charge in [0.15, 0.2) is 0 Å². The van der Waals surface area contributed by atoms with Crippen molar-refractivity contribution in [2.45, 2.75) is 58.2 Å². The summed E-state index contributed by atoms with van der Waals surface area (Å²) in [7, 11) is 0. The summed E-state index contributed by atoms with van der Waals surface area (Å²) in [5, 5.41) is 27.0. The van der Waals surface area contributed by atoms with Crippen LogP contribution in [0.5, 0.6) is 11.5 Å². The highest BCUT2D eigenvalue weighted by Crippen LogP contribution is 2.36. The highest BCUT2D eigenvalue weighted by molar-refractivity contribution is 7.82. The van der Waals surface area contributed by atoms with Crippen LogP contribution in [0.2, 0.25) is 0 Å². The first-order chi connectivity index (χ1) is 15.4. The maximum atomic E-state index is 10.6. The fourth-order valence-electron chi connectivity index (χ4n) is 4.06. The molecule has 3 N–H and O–H groups in total. The van der Waals surface area contributed by atoms with E-state index in [1.54, 1.807) is 6.21 Å². The molecule has 1 atom stereocenters. The molecule has 0 spiro atoms. The van der Waals surface area contributed by atoms with Gasteiger partial charge in [-0.15, -0.1) is 12.3 Å². The first kappa shape index (κ1) is 23.6. The second-order valence-electron chi connectivity index (χ2n) is 7.96. The number of hydrogen-bond donors (Lipinski definition) is 4. The predicted molar refractivity (Wildman–Crippen MR) is 136 cm³/mol. The Kier molecular flexibility index (Phi) is 7.76. The molecule has 0 amide bonds. The monoisotopic (exact) mass is 449 g/mol. The van der Waals surface area contributed by atoms with Gasteiger partial charge in [0.1, 0.15) is 11.5 Å². The van der Waals surface area contributed by atoms with Crippen LogP contribution in [-0.4, -0.2) is 26.2 Å². The molecule has 1 unspecified atom stereocenters. The lowest BCUT2D eigenvalue weighted by Gasteiger charge is -2.23. The van der Waals surface area contributed by atoms with E-state index in [4.69, 9.17) is 19.1 Å². The van der Waals surface area contributed by atoms with Gasteiger partial charge in [-0.3, -0.25) is 5.43 Å². The maximum Gasteiger partial charge on any atom is 0.128 e. The molecular weight excluding hydrogens is 418 g/mol. The van der Waals surface area contributed by atoms with Gasteiger partial charge < -0.3 is 14.8 Å². The van der Waals surface area contributed by atoms with Gasteiger partial charge in [0, 0.05) is 42.4 Å².